The van der Waals surface area contributed by atoms with Gasteiger partial charge in [-0.3, -0.25) is 5.32 Å². The highest BCUT2D eigenvalue weighted by atomic mass is 32.1. The van der Waals surface area contributed by atoms with Gasteiger partial charge in [-0.25, -0.2) is 14.3 Å². The quantitative estimate of drug-likeness (QED) is 0.799. The van der Waals surface area contributed by atoms with Crippen molar-refractivity contribution in [3.8, 4) is 0 Å². The topological polar surface area (TPSA) is 68.5 Å². The second kappa shape index (κ2) is 5.76. The third-order valence-electron chi connectivity index (χ3n) is 3.34. The predicted molar refractivity (Wildman–Crippen MR) is 85.3 cm³/mol. The maximum Gasteiger partial charge on any atom is 0.412 e. The predicted octanol–water partition coefficient (Wildman–Crippen LogP) is 3.72. The van der Waals surface area contributed by atoms with Crippen molar-refractivity contribution >= 4 is 28.1 Å². The molecular formula is C15H16N4O2S. The van der Waals surface area contributed by atoms with Crippen molar-refractivity contribution in [3.63, 3.8) is 0 Å². The van der Waals surface area contributed by atoms with E-state index in [2.05, 4.69) is 15.4 Å². The van der Waals surface area contributed by atoms with Crippen LogP contribution in [-0.4, -0.2) is 20.7 Å². The number of thiazole rings is 1. The van der Waals surface area contributed by atoms with Crippen molar-refractivity contribution in [1.82, 2.24) is 14.6 Å². The second-order valence-corrected chi connectivity index (χ2v) is 6.05. The van der Waals surface area contributed by atoms with Gasteiger partial charge >= 0.3 is 6.09 Å². The number of rotatable bonds is 3. The van der Waals surface area contributed by atoms with Gasteiger partial charge in [-0.15, -0.1) is 0 Å². The van der Waals surface area contributed by atoms with Crippen molar-refractivity contribution in [2.45, 2.75) is 26.9 Å². The van der Waals surface area contributed by atoms with E-state index in [0.29, 0.717) is 5.69 Å². The van der Waals surface area contributed by atoms with Crippen molar-refractivity contribution in [1.29, 1.82) is 0 Å². The number of nitrogens with zero attached hydrogens (tertiary/aromatic N) is 3. The molecule has 0 aliphatic heterocycles. The van der Waals surface area contributed by atoms with Crippen LogP contribution in [0.15, 0.2) is 30.6 Å². The normalized spacial score (nSPS) is 12.3. The molecule has 0 fully saturated rings. The highest BCUT2D eigenvalue weighted by Gasteiger charge is 2.19. The van der Waals surface area contributed by atoms with Gasteiger partial charge in [0.15, 0.2) is 0 Å². The first-order valence-corrected chi connectivity index (χ1v) is 7.69. The monoisotopic (exact) mass is 316 g/mol. The molecule has 1 atom stereocenters. The number of aromatic nitrogens is 3. The fourth-order valence-electron chi connectivity index (χ4n) is 2.18. The maximum absolute atomic E-state index is 12.0. The number of ether oxygens (including phenoxy) is 1. The smallest absolute Gasteiger partial charge is 0.412 e. The SMILES string of the molecule is Cc1ccc(NC(=O)O[C@@H](C)c2sc3ncnn3c2C)cc1. The van der Waals surface area contributed by atoms with Crippen LogP contribution in [0.1, 0.15) is 29.2 Å². The highest BCUT2D eigenvalue weighted by Crippen LogP contribution is 2.29. The van der Waals surface area contributed by atoms with Crippen molar-refractivity contribution in [3.05, 3.63) is 46.7 Å². The molecule has 22 heavy (non-hydrogen) atoms. The van der Waals surface area contributed by atoms with Crippen LogP contribution in [0.5, 0.6) is 0 Å². The number of benzene rings is 1. The lowest BCUT2D eigenvalue weighted by Crippen LogP contribution is -2.16. The van der Waals surface area contributed by atoms with Crippen LogP contribution in [0, 0.1) is 13.8 Å². The summed E-state index contributed by atoms with van der Waals surface area (Å²) in [5.74, 6) is 0. The zero-order valence-corrected chi connectivity index (χ0v) is 13.3. The summed E-state index contributed by atoms with van der Waals surface area (Å²) >= 11 is 1.47. The third-order valence-corrected chi connectivity index (χ3v) is 4.65. The van der Waals surface area contributed by atoms with Crippen LogP contribution in [-0.2, 0) is 4.74 Å². The lowest BCUT2D eigenvalue weighted by molar-refractivity contribution is 0.122. The molecule has 114 valence electrons. The zero-order valence-electron chi connectivity index (χ0n) is 12.5. The second-order valence-electron chi connectivity index (χ2n) is 5.04. The molecule has 2 heterocycles. The molecule has 3 rings (SSSR count). The minimum Gasteiger partial charge on any atom is -0.440 e. The van der Waals surface area contributed by atoms with Gasteiger partial charge < -0.3 is 4.74 Å². The van der Waals surface area contributed by atoms with Gasteiger partial charge in [-0.2, -0.15) is 5.10 Å². The first kappa shape index (κ1) is 14.5. The summed E-state index contributed by atoms with van der Waals surface area (Å²) in [6, 6.07) is 7.55. The van der Waals surface area contributed by atoms with Gasteiger partial charge in [0.1, 0.15) is 12.4 Å². The number of nitrogens with one attached hydrogen (secondary N) is 1. The molecule has 0 bridgehead atoms. The minimum atomic E-state index is -0.477. The van der Waals surface area contributed by atoms with Crippen molar-refractivity contribution in [2.75, 3.05) is 5.32 Å². The van der Waals surface area contributed by atoms with Gasteiger partial charge in [0.2, 0.25) is 4.96 Å². The molecular weight excluding hydrogens is 300 g/mol. The van der Waals surface area contributed by atoms with E-state index in [9.17, 15) is 4.79 Å². The van der Waals surface area contributed by atoms with Crippen LogP contribution in [0.25, 0.3) is 4.96 Å². The van der Waals surface area contributed by atoms with Crippen LogP contribution in [0.3, 0.4) is 0 Å². The maximum atomic E-state index is 12.0. The Hall–Kier alpha value is -2.41. The number of amides is 1. The Bertz CT molecular complexity index is 807. The summed E-state index contributed by atoms with van der Waals surface area (Å²) in [6.45, 7) is 5.77. The molecule has 0 unspecified atom stereocenters. The average Bonchev–Trinajstić information content (AvgIpc) is 3.05. The number of carbonyl (C=O) groups excluding carboxylic acids is 1. The highest BCUT2D eigenvalue weighted by molar-refractivity contribution is 7.17. The number of anilines is 1. The first-order chi connectivity index (χ1) is 10.5. The average molecular weight is 316 g/mol. The molecule has 1 amide bonds. The van der Waals surface area contributed by atoms with E-state index in [1.54, 1.807) is 4.52 Å². The van der Waals surface area contributed by atoms with E-state index in [4.69, 9.17) is 4.74 Å². The molecule has 0 aliphatic rings. The Balaban J connectivity index is 1.69. The molecule has 7 heteroatoms. The number of carbonyl (C=O) groups is 1. The number of hydrogen-bond donors (Lipinski definition) is 1. The summed E-state index contributed by atoms with van der Waals surface area (Å²) in [6.07, 6.45) is 0.673. The Labute approximate surface area is 131 Å². The lowest BCUT2D eigenvalue weighted by Gasteiger charge is -2.13. The van der Waals surface area contributed by atoms with Gasteiger partial charge in [-0.05, 0) is 32.9 Å². The standard InChI is InChI=1S/C15H16N4O2S/c1-9-4-6-12(7-5-9)18-15(20)21-11(3)13-10(2)19-14(22-13)16-8-17-19/h4-8,11H,1-3H3,(H,18,20)/t11-/m0/s1. The van der Waals surface area contributed by atoms with Crippen molar-refractivity contribution < 1.29 is 9.53 Å². The van der Waals surface area contributed by atoms with E-state index in [0.717, 1.165) is 21.1 Å². The largest absolute Gasteiger partial charge is 0.440 e. The first-order valence-electron chi connectivity index (χ1n) is 6.88. The molecule has 1 N–H and O–H groups in total. The number of fused-ring (bicyclic) bond motifs is 1. The summed E-state index contributed by atoms with van der Waals surface area (Å²) in [5.41, 5.74) is 2.78. The fourth-order valence-corrected chi connectivity index (χ4v) is 3.20. The summed E-state index contributed by atoms with van der Waals surface area (Å²) in [4.78, 5) is 17.9. The summed E-state index contributed by atoms with van der Waals surface area (Å²) < 4.78 is 7.19. The molecule has 1 aromatic carbocycles. The number of hydrogen-bond acceptors (Lipinski definition) is 5. The Morgan fingerprint density at radius 3 is 2.73 bits per heavy atom. The fraction of sp³-hybridized carbons (Fsp3) is 0.267. The Morgan fingerprint density at radius 1 is 1.32 bits per heavy atom. The lowest BCUT2D eigenvalue weighted by atomic mass is 10.2. The van der Waals surface area contributed by atoms with Gasteiger partial charge in [0.25, 0.3) is 0 Å². The van der Waals surface area contributed by atoms with Crippen LogP contribution in [0.2, 0.25) is 0 Å². The van der Waals surface area contributed by atoms with Gasteiger partial charge in [0.05, 0.1) is 10.6 Å². The van der Waals surface area contributed by atoms with Crippen LogP contribution < -0.4 is 5.32 Å². The van der Waals surface area contributed by atoms with E-state index < -0.39 is 6.09 Å². The molecule has 0 saturated carbocycles. The molecule has 0 saturated heterocycles. The Kier molecular flexibility index (Phi) is 3.81. The zero-order chi connectivity index (χ0) is 15.7. The molecule has 6 nitrogen and oxygen atoms in total. The van der Waals surface area contributed by atoms with E-state index in [1.165, 1.54) is 17.7 Å². The molecule has 3 aromatic rings. The molecule has 0 radical (unpaired) electrons. The van der Waals surface area contributed by atoms with Gasteiger partial charge in [-0.1, -0.05) is 29.0 Å². The summed E-state index contributed by atoms with van der Waals surface area (Å²) in [7, 11) is 0. The Morgan fingerprint density at radius 2 is 2.05 bits per heavy atom. The van der Waals surface area contributed by atoms with E-state index in [-0.39, 0.29) is 6.10 Å². The van der Waals surface area contributed by atoms with Crippen molar-refractivity contribution in [2.24, 2.45) is 0 Å². The van der Waals surface area contributed by atoms with Crippen LogP contribution >= 0.6 is 11.3 Å². The molecule has 2 aromatic heterocycles. The van der Waals surface area contributed by atoms with Crippen LogP contribution in [0.4, 0.5) is 10.5 Å². The van der Waals surface area contributed by atoms with Gasteiger partial charge in [0, 0.05) is 5.69 Å². The molecule has 0 spiro atoms. The van der Waals surface area contributed by atoms with E-state index in [1.807, 2.05) is 45.0 Å². The summed E-state index contributed by atoms with van der Waals surface area (Å²) in [5, 5.41) is 6.86. The molecule has 0 aliphatic carbocycles. The minimum absolute atomic E-state index is 0.362. The third kappa shape index (κ3) is 2.80. The van der Waals surface area contributed by atoms with E-state index >= 15 is 0 Å². The number of aryl methyl sites for hydroxylation is 2.